The standard InChI is InChI=1S/C11H11NO3S2/c13-6-10(17-11-12-3-4-16-11)7-1-2-8(14)9(15)5-7/h1-2,5-6,10,14-15H,3-4H2/t10-/m1/s1. The van der Waals surface area contributed by atoms with Gasteiger partial charge in [0, 0.05) is 5.75 Å². The maximum Gasteiger partial charge on any atom is 0.157 e. The molecule has 0 aromatic heterocycles. The zero-order valence-corrected chi connectivity index (χ0v) is 10.5. The number of aliphatic imine (C=N–C) groups is 1. The number of carbonyl (C=O) groups is 1. The second-order valence-corrected chi connectivity index (χ2v) is 5.89. The minimum Gasteiger partial charge on any atom is -0.504 e. The number of thioether (sulfide) groups is 2. The van der Waals surface area contributed by atoms with Crippen LogP contribution in [0, 0.1) is 0 Å². The van der Waals surface area contributed by atoms with E-state index in [9.17, 15) is 15.0 Å². The van der Waals surface area contributed by atoms with Crippen LogP contribution in [0.2, 0.25) is 0 Å². The molecule has 1 aromatic rings. The van der Waals surface area contributed by atoms with Crippen LogP contribution >= 0.6 is 23.5 Å². The largest absolute Gasteiger partial charge is 0.504 e. The van der Waals surface area contributed by atoms with Gasteiger partial charge in [-0.3, -0.25) is 4.99 Å². The minimum atomic E-state index is -0.397. The van der Waals surface area contributed by atoms with Crippen LogP contribution in [-0.4, -0.2) is 33.2 Å². The molecule has 17 heavy (non-hydrogen) atoms. The molecule has 1 aliphatic rings. The van der Waals surface area contributed by atoms with E-state index in [2.05, 4.69) is 4.99 Å². The van der Waals surface area contributed by atoms with Crippen molar-refractivity contribution >= 4 is 34.2 Å². The Morgan fingerprint density at radius 3 is 2.82 bits per heavy atom. The summed E-state index contributed by atoms with van der Waals surface area (Å²) in [6, 6.07) is 4.41. The molecule has 0 saturated carbocycles. The van der Waals surface area contributed by atoms with Crippen LogP contribution < -0.4 is 0 Å². The van der Waals surface area contributed by atoms with Gasteiger partial charge in [0.2, 0.25) is 0 Å². The lowest BCUT2D eigenvalue weighted by Crippen LogP contribution is -1.98. The summed E-state index contributed by atoms with van der Waals surface area (Å²) in [6.07, 6.45) is 0.817. The fourth-order valence-corrected chi connectivity index (χ4v) is 3.48. The van der Waals surface area contributed by atoms with E-state index in [1.807, 2.05) is 0 Å². The Morgan fingerprint density at radius 2 is 2.24 bits per heavy atom. The Kier molecular flexibility index (Phi) is 3.96. The second-order valence-electron chi connectivity index (χ2n) is 3.42. The quantitative estimate of drug-likeness (QED) is 0.650. The molecule has 0 amide bonds. The first-order chi connectivity index (χ1) is 8.20. The topological polar surface area (TPSA) is 69.9 Å². The zero-order valence-electron chi connectivity index (χ0n) is 8.87. The Hall–Kier alpha value is -1.14. The van der Waals surface area contributed by atoms with Gasteiger partial charge >= 0.3 is 0 Å². The summed E-state index contributed by atoms with van der Waals surface area (Å²) in [5.74, 6) is 0.557. The van der Waals surface area contributed by atoms with Gasteiger partial charge in [0.1, 0.15) is 10.7 Å². The smallest absolute Gasteiger partial charge is 0.157 e. The molecule has 0 fully saturated rings. The molecule has 1 aromatic carbocycles. The van der Waals surface area contributed by atoms with E-state index in [1.165, 1.54) is 23.9 Å². The summed E-state index contributed by atoms with van der Waals surface area (Å²) in [4.78, 5) is 15.3. The van der Waals surface area contributed by atoms with Crippen molar-refractivity contribution in [2.24, 2.45) is 4.99 Å². The molecule has 1 aliphatic heterocycles. The molecular formula is C11H11NO3S2. The third kappa shape index (κ3) is 2.95. The number of carbonyl (C=O) groups excluding carboxylic acids is 1. The highest BCUT2D eigenvalue weighted by molar-refractivity contribution is 8.39. The molecule has 2 N–H and O–H groups in total. The molecule has 2 rings (SSSR count). The van der Waals surface area contributed by atoms with Gasteiger partial charge in [0.05, 0.1) is 11.8 Å². The molecule has 6 heteroatoms. The van der Waals surface area contributed by atoms with E-state index in [-0.39, 0.29) is 11.5 Å². The van der Waals surface area contributed by atoms with E-state index in [0.29, 0.717) is 5.56 Å². The van der Waals surface area contributed by atoms with Crippen molar-refractivity contribution < 1.29 is 15.0 Å². The van der Waals surface area contributed by atoms with Gasteiger partial charge in [0.25, 0.3) is 0 Å². The summed E-state index contributed by atoms with van der Waals surface area (Å²) in [5.41, 5.74) is 0.663. The van der Waals surface area contributed by atoms with E-state index >= 15 is 0 Å². The van der Waals surface area contributed by atoms with Crippen LogP contribution in [0.1, 0.15) is 10.8 Å². The van der Waals surface area contributed by atoms with Crippen LogP contribution in [-0.2, 0) is 4.79 Å². The summed E-state index contributed by atoms with van der Waals surface area (Å²) in [6.45, 7) is 0.791. The Labute approximate surface area is 107 Å². The van der Waals surface area contributed by atoms with Crippen molar-refractivity contribution in [3.8, 4) is 11.5 Å². The number of phenols is 2. The van der Waals surface area contributed by atoms with E-state index in [1.54, 1.807) is 17.8 Å². The fourth-order valence-electron chi connectivity index (χ4n) is 1.39. The van der Waals surface area contributed by atoms with Crippen molar-refractivity contribution in [3.63, 3.8) is 0 Å². The average molecular weight is 269 g/mol. The number of hydrogen-bond acceptors (Lipinski definition) is 6. The van der Waals surface area contributed by atoms with Gasteiger partial charge in [-0.2, -0.15) is 0 Å². The predicted octanol–water partition coefficient (Wildman–Crippen LogP) is 2.17. The van der Waals surface area contributed by atoms with Crippen molar-refractivity contribution in [2.45, 2.75) is 5.25 Å². The van der Waals surface area contributed by atoms with Crippen LogP contribution in [0.4, 0.5) is 0 Å². The number of aldehydes is 1. The van der Waals surface area contributed by atoms with Crippen LogP contribution in [0.3, 0.4) is 0 Å². The van der Waals surface area contributed by atoms with E-state index in [0.717, 1.165) is 23.0 Å². The molecule has 0 bridgehead atoms. The summed E-state index contributed by atoms with van der Waals surface area (Å²) < 4.78 is 0.898. The molecule has 0 saturated heterocycles. The molecular weight excluding hydrogens is 258 g/mol. The van der Waals surface area contributed by atoms with Crippen LogP contribution in [0.15, 0.2) is 23.2 Å². The molecule has 1 atom stereocenters. The molecule has 90 valence electrons. The third-order valence-corrected chi connectivity index (χ3v) is 4.61. The molecule has 0 radical (unpaired) electrons. The highest BCUT2D eigenvalue weighted by atomic mass is 32.2. The van der Waals surface area contributed by atoms with Gasteiger partial charge < -0.3 is 15.0 Å². The van der Waals surface area contributed by atoms with Crippen molar-refractivity contribution in [1.82, 2.24) is 0 Å². The van der Waals surface area contributed by atoms with Crippen LogP contribution in [0.25, 0.3) is 0 Å². The molecule has 4 nitrogen and oxygen atoms in total. The number of nitrogens with zero attached hydrogens (tertiary/aromatic N) is 1. The highest BCUT2D eigenvalue weighted by Crippen LogP contribution is 2.36. The van der Waals surface area contributed by atoms with Crippen molar-refractivity contribution in [2.75, 3.05) is 12.3 Å². The first kappa shape index (κ1) is 12.3. The monoisotopic (exact) mass is 269 g/mol. The van der Waals surface area contributed by atoms with Crippen molar-refractivity contribution in [1.29, 1.82) is 0 Å². The molecule has 0 aliphatic carbocycles. The summed E-state index contributed by atoms with van der Waals surface area (Å²) in [5, 5.41) is 18.2. The van der Waals surface area contributed by atoms with E-state index in [4.69, 9.17) is 0 Å². The maximum absolute atomic E-state index is 11.1. The lowest BCUT2D eigenvalue weighted by Gasteiger charge is -2.10. The SMILES string of the molecule is O=C[C@@H](SC1=NCCS1)c1ccc(O)c(O)c1. The zero-order chi connectivity index (χ0) is 12.3. The number of hydrogen-bond donors (Lipinski definition) is 2. The summed E-state index contributed by atoms with van der Waals surface area (Å²) >= 11 is 3.00. The molecule has 1 heterocycles. The summed E-state index contributed by atoms with van der Waals surface area (Å²) in [7, 11) is 0. The second kappa shape index (κ2) is 5.46. The van der Waals surface area contributed by atoms with Gasteiger partial charge in [-0.25, -0.2) is 0 Å². The van der Waals surface area contributed by atoms with E-state index < -0.39 is 5.25 Å². The lowest BCUT2D eigenvalue weighted by atomic mass is 10.1. The minimum absolute atomic E-state index is 0.184. The highest BCUT2D eigenvalue weighted by Gasteiger charge is 2.18. The predicted molar refractivity (Wildman–Crippen MR) is 70.9 cm³/mol. The van der Waals surface area contributed by atoms with Crippen LogP contribution in [0.5, 0.6) is 11.5 Å². The molecule has 0 spiro atoms. The first-order valence-corrected chi connectivity index (χ1v) is 6.88. The maximum atomic E-state index is 11.1. The Balaban J connectivity index is 2.16. The van der Waals surface area contributed by atoms with Gasteiger partial charge in [-0.15, -0.1) is 0 Å². The molecule has 0 unspecified atom stereocenters. The number of benzene rings is 1. The van der Waals surface area contributed by atoms with Gasteiger partial charge in [-0.05, 0) is 17.7 Å². The van der Waals surface area contributed by atoms with Gasteiger partial charge in [0.15, 0.2) is 11.5 Å². The lowest BCUT2D eigenvalue weighted by molar-refractivity contribution is -0.107. The Bertz CT molecular complexity index is 462. The average Bonchev–Trinajstić information content (AvgIpc) is 2.82. The van der Waals surface area contributed by atoms with Gasteiger partial charge in [-0.1, -0.05) is 29.6 Å². The normalized spacial score (nSPS) is 16.6. The van der Waals surface area contributed by atoms with Crippen molar-refractivity contribution in [3.05, 3.63) is 23.8 Å². The number of rotatable bonds is 3. The number of aromatic hydroxyl groups is 2. The number of phenolic OH excluding ortho intramolecular Hbond substituents is 2. The first-order valence-electron chi connectivity index (χ1n) is 5.02. The Morgan fingerprint density at radius 1 is 1.41 bits per heavy atom. The fraction of sp³-hybridized carbons (Fsp3) is 0.273. The third-order valence-electron chi connectivity index (χ3n) is 2.24.